The quantitative estimate of drug-likeness (QED) is 0.788. The molecule has 5 nitrogen and oxygen atoms in total. The van der Waals surface area contributed by atoms with E-state index in [1.807, 2.05) is 30.3 Å². The van der Waals surface area contributed by atoms with Crippen molar-refractivity contribution in [2.45, 2.75) is 31.3 Å². The van der Waals surface area contributed by atoms with Crippen molar-refractivity contribution in [3.8, 4) is 0 Å². The molecule has 3 atom stereocenters. The van der Waals surface area contributed by atoms with Crippen molar-refractivity contribution in [3.05, 3.63) is 42.1 Å². The number of rotatable bonds is 2. The zero-order valence-corrected chi connectivity index (χ0v) is 12.4. The number of carbonyl (C=O) groups excluding carboxylic acids is 1. The number of carbonyl (C=O) groups is 1. The molecule has 0 bridgehead atoms. The van der Waals surface area contributed by atoms with Gasteiger partial charge in [0.1, 0.15) is 0 Å². The summed E-state index contributed by atoms with van der Waals surface area (Å²) in [7, 11) is 0. The summed E-state index contributed by atoms with van der Waals surface area (Å²) in [5.74, 6) is 0.608. The van der Waals surface area contributed by atoms with Crippen molar-refractivity contribution in [1.82, 2.24) is 21.2 Å². The van der Waals surface area contributed by atoms with Gasteiger partial charge in [0.25, 0.3) is 5.91 Å². The van der Waals surface area contributed by atoms with E-state index >= 15 is 0 Å². The molecule has 1 saturated carbocycles. The lowest BCUT2D eigenvalue weighted by Crippen LogP contribution is -2.44. The largest absolute Gasteiger partial charge is 0.349 e. The predicted octanol–water partition coefficient (Wildman–Crippen LogP) is 1.61. The first-order valence-corrected chi connectivity index (χ1v) is 7.94. The van der Waals surface area contributed by atoms with Gasteiger partial charge in [-0.25, -0.2) is 0 Å². The minimum atomic E-state index is -0.00772. The molecule has 4 rings (SSSR count). The molecule has 2 heterocycles. The van der Waals surface area contributed by atoms with Crippen LogP contribution in [0.5, 0.6) is 0 Å². The molecule has 1 amide bonds. The number of pyridine rings is 1. The van der Waals surface area contributed by atoms with Crippen molar-refractivity contribution < 1.29 is 4.79 Å². The fourth-order valence-corrected chi connectivity index (χ4v) is 3.68. The number of hydrazine groups is 1. The molecule has 2 fully saturated rings. The van der Waals surface area contributed by atoms with Crippen molar-refractivity contribution in [1.29, 1.82) is 0 Å². The number of fused-ring (bicyclic) bond motifs is 2. The van der Waals surface area contributed by atoms with E-state index in [-0.39, 0.29) is 11.9 Å². The molecule has 114 valence electrons. The Bertz CT molecular complexity index is 697. The lowest BCUT2D eigenvalue weighted by Gasteiger charge is -2.31. The number of benzene rings is 1. The lowest BCUT2D eigenvalue weighted by molar-refractivity contribution is 0.0920. The molecular weight excluding hydrogens is 276 g/mol. The van der Waals surface area contributed by atoms with E-state index in [4.69, 9.17) is 0 Å². The zero-order chi connectivity index (χ0) is 14.9. The van der Waals surface area contributed by atoms with E-state index < -0.39 is 0 Å². The fourth-order valence-electron chi connectivity index (χ4n) is 3.68. The molecule has 1 aliphatic carbocycles. The summed E-state index contributed by atoms with van der Waals surface area (Å²) >= 11 is 0. The van der Waals surface area contributed by atoms with Crippen molar-refractivity contribution in [2.75, 3.05) is 6.54 Å². The van der Waals surface area contributed by atoms with E-state index in [2.05, 4.69) is 21.2 Å². The molecule has 2 aromatic rings. The Balaban J connectivity index is 1.52. The van der Waals surface area contributed by atoms with Crippen LogP contribution in [0.3, 0.4) is 0 Å². The van der Waals surface area contributed by atoms with Crippen LogP contribution in [0.4, 0.5) is 0 Å². The topological polar surface area (TPSA) is 66.1 Å². The van der Waals surface area contributed by atoms with E-state index in [9.17, 15) is 4.79 Å². The van der Waals surface area contributed by atoms with Crippen molar-refractivity contribution >= 4 is 16.8 Å². The highest BCUT2D eigenvalue weighted by molar-refractivity contribution is 6.05. The summed E-state index contributed by atoms with van der Waals surface area (Å²) in [6.45, 7) is 0.993. The molecule has 1 aromatic heterocycles. The molecule has 0 radical (unpaired) electrons. The average molecular weight is 296 g/mol. The number of nitrogens with one attached hydrogen (secondary N) is 3. The summed E-state index contributed by atoms with van der Waals surface area (Å²) in [6, 6.07) is 10.5. The maximum absolute atomic E-state index is 12.6. The van der Waals surface area contributed by atoms with Gasteiger partial charge in [-0.3, -0.25) is 20.6 Å². The van der Waals surface area contributed by atoms with E-state index in [0.29, 0.717) is 17.5 Å². The van der Waals surface area contributed by atoms with Gasteiger partial charge >= 0.3 is 0 Å². The van der Waals surface area contributed by atoms with Gasteiger partial charge in [0.05, 0.1) is 11.1 Å². The summed E-state index contributed by atoms with van der Waals surface area (Å²) in [6.07, 6.45) is 4.91. The maximum Gasteiger partial charge on any atom is 0.253 e. The Kier molecular flexibility index (Phi) is 3.52. The van der Waals surface area contributed by atoms with E-state index in [0.717, 1.165) is 36.7 Å². The Morgan fingerprint density at radius 2 is 2.14 bits per heavy atom. The van der Waals surface area contributed by atoms with Crippen LogP contribution < -0.4 is 16.2 Å². The Morgan fingerprint density at radius 1 is 1.23 bits per heavy atom. The first-order valence-electron chi connectivity index (χ1n) is 7.94. The summed E-state index contributed by atoms with van der Waals surface area (Å²) in [5, 5.41) is 4.21. The van der Waals surface area contributed by atoms with Gasteiger partial charge in [-0.15, -0.1) is 0 Å². The monoisotopic (exact) mass is 296 g/mol. The Morgan fingerprint density at radius 3 is 3.09 bits per heavy atom. The lowest BCUT2D eigenvalue weighted by atomic mass is 9.83. The van der Waals surface area contributed by atoms with Gasteiger partial charge in [-0.2, -0.15) is 0 Å². The minimum Gasteiger partial charge on any atom is -0.349 e. The first-order chi connectivity index (χ1) is 10.8. The third-order valence-corrected chi connectivity index (χ3v) is 4.85. The van der Waals surface area contributed by atoms with E-state index in [1.54, 1.807) is 6.20 Å². The third kappa shape index (κ3) is 2.46. The number of para-hydroxylation sites is 1. The molecule has 3 N–H and O–H groups in total. The SMILES string of the molecule is O=C(NC1CCC2NNCC2C1)c1cccc2cccnc12. The van der Waals surface area contributed by atoms with Gasteiger partial charge in [-0.1, -0.05) is 18.2 Å². The predicted molar refractivity (Wildman–Crippen MR) is 85.3 cm³/mol. The average Bonchev–Trinajstić information content (AvgIpc) is 3.02. The number of amides is 1. The smallest absolute Gasteiger partial charge is 0.253 e. The first kappa shape index (κ1) is 13.7. The molecule has 3 unspecified atom stereocenters. The van der Waals surface area contributed by atoms with Crippen molar-refractivity contribution in [2.24, 2.45) is 5.92 Å². The molecule has 1 saturated heterocycles. The van der Waals surface area contributed by atoms with Crippen LogP contribution in [0.15, 0.2) is 36.5 Å². The highest BCUT2D eigenvalue weighted by Gasteiger charge is 2.34. The van der Waals surface area contributed by atoms with Crippen LogP contribution in [0.25, 0.3) is 10.9 Å². The summed E-state index contributed by atoms with van der Waals surface area (Å²) < 4.78 is 0. The number of hydrogen-bond donors (Lipinski definition) is 3. The second-order valence-electron chi connectivity index (χ2n) is 6.26. The number of aromatic nitrogens is 1. The van der Waals surface area contributed by atoms with Crippen LogP contribution >= 0.6 is 0 Å². The second-order valence-corrected chi connectivity index (χ2v) is 6.26. The zero-order valence-electron chi connectivity index (χ0n) is 12.4. The Hall–Kier alpha value is -1.98. The van der Waals surface area contributed by atoms with Crippen LogP contribution in [-0.2, 0) is 0 Å². The van der Waals surface area contributed by atoms with Gasteiger partial charge in [0.15, 0.2) is 0 Å². The van der Waals surface area contributed by atoms with Gasteiger partial charge in [0.2, 0.25) is 0 Å². The molecule has 1 aliphatic heterocycles. The standard InChI is InChI=1S/C17H20N4O/c22-17(14-5-1-3-11-4-2-8-18-16(11)14)20-13-6-7-15-12(9-13)10-19-21-15/h1-5,8,12-13,15,19,21H,6-7,9-10H2,(H,20,22). The minimum absolute atomic E-state index is 0.00772. The molecular formula is C17H20N4O. The molecule has 2 aliphatic rings. The normalized spacial score (nSPS) is 27.5. The summed E-state index contributed by atoms with van der Waals surface area (Å²) in [4.78, 5) is 17.0. The van der Waals surface area contributed by atoms with Crippen molar-refractivity contribution in [3.63, 3.8) is 0 Å². The highest BCUT2D eigenvalue weighted by atomic mass is 16.1. The molecule has 5 heteroatoms. The summed E-state index contributed by atoms with van der Waals surface area (Å²) in [5.41, 5.74) is 7.98. The van der Waals surface area contributed by atoms with Crippen LogP contribution in [0, 0.1) is 5.92 Å². The fraction of sp³-hybridized carbons (Fsp3) is 0.412. The van der Waals surface area contributed by atoms with Gasteiger partial charge < -0.3 is 5.32 Å². The van der Waals surface area contributed by atoms with Gasteiger partial charge in [-0.05, 0) is 37.3 Å². The second kappa shape index (κ2) is 5.66. The third-order valence-electron chi connectivity index (χ3n) is 4.85. The van der Waals surface area contributed by atoms with Gasteiger partial charge in [0, 0.05) is 30.2 Å². The maximum atomic E-state index is 12.6. The molecule has 0 spiro atoms. The number of hydrogen-bond acceptors (Lipinski definition) is 4. The van der Waals surface area contributed by atoms with Crippen LogP contribution in [0.2, 0.25) is 0 Å². The van der Waals surface area contributed by atoms with Crippen LogP contribution in [-0.4, -0.2) is 29.5 Å². The molecule has 1 aromatic carbocycles. The number of nitrogens with zero attached hydrogens (tertiary/aromatic N) is 1. The highest BCUT2D eigenvalue weighted by Crippen LogP contribution is 2.27. The van der Waals surface area contributed by atoms with E-state index in [1.165, 1.54) is 0 Å². The molecule has 22 heavy (non-hydrogen) atoms. The van der Waals surface area contributed by atoms with Crippen LogP contribution in [0.1, 0.15) is 29.6 Å². The Labute approximate surface area is 129 Å².